The molecular weight excluding hydrogens is 343 g/mol. The van der Waals surface area contributed by atoms with Gasteiger partial charge in [-0.15, -0.1) is 0 Å². The van der Waals surface area contributed by atoms with E-state index in [1.165, 1.54) is 24.8 Å². The van der Waals surface area contributed by atoms with Crippen molar-refractivity contribution in [2.24, 2.45) is 0 Å². The van der Waals surface area contributed by atoms with Crippen LogP contribution >= 0.6 is 23.2 Å². The Morgan fingerprint density at radius 1 is 1.13 bits per heavy atom. The van der Waals surface area contributed by atoms with Gasteiger partial charge in [-0.1, -0.05) is 29.3 Å². The van der Waals surface area contributed by atoms with Crippen molar-refractivity contribution < 1.29 is 10.2 Å². The van der Waals surface area contributed by atoms with E-state index in [0.29, 0.717) is 10.8 Å². The van der Waals surface area contributed by atoms with Gasteiger partial charge in [-0.3, -0.25) is 10.2 Å². The first kappa shape index (κ1) is 15.9. The van der Waals surface area contributed by atoms with E-state index in [1.807, 2.05) is 0 Å². The number of nitrogens with one attached hydrogen (secondary N) is 2. The van der Waals surface area contributed by atoms with Crippen LogP contribution < -0.4 is 0 Å². The van der Waals surface area contributed by atoms with Crippen LogP contribution in [0.5, 0.6) is 0 Å². The van der Waals surface area contributed by atoms with Gasteiger partial charge in [0.2, 0.25) is 0 Å². The predicted molar refractivity (Wildman–Crippen MR) is 81.8 cm³/mol. The molecule has 1 aromatic carbocycles. The fourth-order valence-electron chi connectivity index (χ4n) is 2.31. The zero-order chi connectivity index (χ0) is 16.4. The summed E-state index contributed by atoms with van der Waals surface area (Å²) in [5, 5.41) is 35.2. The number of nitrogens with zero attached hydrogens (tertiary/aromatic N) is 4. The van der Waals surface area contributed by atoms with Crippen LogP contribution in [-0.2, 0) is 12.0 Å². The summed E-state index contributed by atoms with van der Waals surface area (Å²) >= 11 is 12.1. The van der Waals surface area contributed by atoms with E-state index in [9.17, 15) is 10.2 Å². The minimum atomic E-state index is -1.84. The van der Waals surface area contributed by atoms with Gasteiger partial charge in [0.1, 0.15) is 24.4 Å². The number of rotatable bonds is 5. The maximum absolute atomic E-state index is 11.2. The normalized spacial score (nSPS) is 15.3. The molecule has 0 radical (unpaired) electrons. The first-order valence-electron chi connectivity index (χ1n) is 6.57. The van der Waals surface area contributed by atoms with Crippen molar-refractivity contribution >= 4 is 23.2 Å². The predicted octanol–water partition coefficient (Wildman–Crippen LogP) is 1.39. The fraction of sp³-hybridized carbons (Fsp3) is 0.231. The molecule has 10 heteroatoms. The minimum absolute atomic E-state index is 0.0223. The van der Waals surface area contributed by atoms with Gasteiger partial charge in [0, 0.05) is 22.0 Å². The standard InChI is InChI=1S/C13H12Cl2N6O2/c14-7-1-2-8(9(15)3-7)13(23,4-10-16-5-18-20-10)11(22)12-17-6-19-21-12/h1-3,5-6,11,22-23H,4H2,(H,16,18,20)(H,17,19,21). The molecule has 2 heterocycles. The van der Waals surface area contributed by atoms with Gasteiger partial charge < -0.3 is 10.2 Å². The summed E-state index contributed by atoms with van der Waals surface area (Å²) < 4.78 is 0. The van der Waals surface area contributed by atoms with E-state index in [1.54, 1.807) is 6.07 Å². The van der Waals surface area contributed by atoms with Gasteiger partial charge in [0.25, 0.3) is 0 Å². The SMILES string of the molecule is OC(c1nc[nH]n1)C(O)(Cc1nc[nH]n1)c1ccc(Cl)cc1Cl. The highest BCUT2D eigenvalue weighted by atomic mass is 35.5. The number of hydrogen-bond donors (Lipinski definition) is 4. The second-order valence-corrected chi connectivity index (χ2v) is 5.74. The molecule has 0 saturated carbocycles. The van der Waals surface area contributed by atoms with E-state index in [0.717, 1.165) is 0 Å². The number of hydrogen-bond acceptors (Lipinski definition) is 6. The first-order valence-corrected chi connectivity index (χ1v) is 7.32. The van der Waals surface area contributed by atoms with Crippen LogP contribution in [0.4, 0.5) is 0 Å². The number of benzene rings is 1. The van der Waals surface area contributed by atoms with Gasteiger partial charge in [-0.25, -0.2) is 9.97 Å². The molecule has 2 atom stereocenters. The van der Waals surface area contributed by atoms with Crippen molar-refractivity contribution in [1.29, 1.82) is 0 Å². The van der Waals surface area contributed by atoms with Crippen molar-refractivity contribution in [1.82, 2.24) is 30.4 Å². The Balaban J connectivity index is 2.08. The number of aromatic nitrogens is 6. The molecule has 0 spiro atoms. The molecule has 3 rings (SSSR count). The van der Waals surface area contributed by atoms with Gasteiger partial charge in [-0.2, -0.15) is 10.2 Å². The summed E-state index contributed by atoms with van der Waals surface area (Å²) in [5.41, 5.74) is -1.57. The van der Waals surface area contributed by atoms with Crippen LogP contribution in [0, 0.1) is 0 Å². The largest absolute Gasteiger partial charge is 0.382 e. The number of aliphatic hydroxyl groups excluding tert-OH is 1. The smallest absolute Gasteiger partial charge is 0.182 e. The highest BCUT2D eigenvalue weighted by Crippen LogP contribution is 2.40. The third-order valence-electron chi connectivity index (χ3n) is 3.42. The number of halogens is 2. The van der Waals surface area contributed by atoms with Crippen LogP contribution in [0.3, 0.4) is 0 Å². The number of H-pyrrole nitrogens is 2. The molecule has 3 aromatic rings. The lowest BCUT2D eigenvalue weighted by atomic mass is 9.84. The quantitative estimate of drug-likeness (QED) is 0.548. The Kier molecular flexibility index (Phi) is 4.31. The van der Waals surface area contributed by atoms with Crippen molar-refractivity contribution in [2.45, 2.75) is 18.1 Å². The zero-order valence-electron chi connectivity index (χ0n) is 11.6. The molecule has 4 N–H and O–H groups in total. The van der Waals surface area contributed by atoms with Crippen LogP contribution in [0.1, 0.15) is 23.3 Å². The topological polar surface area (TPSA) is 124 Å². The van der Waals surface area contributed by atoms with E-state index in [2.05, 4.69) is 30.4 Å². The average molecular weight is 355 g/mol. The highest BCUT2D eigenvalue weighted by Gasteiger charge is 2.43. The summed E-state index contributed by atoms with van der Waals surface area (Å²) in [4.78, 5) is 7.87. The maximum Gasteiger partial charge on any atom is 0.182 e. The summed E-state index contributed by atoms with van der Waals surface area (Å²) in [6.45, 7) is 0. The Hall–Kier alpha value is -2.00. The van der Waals surface area contributed by atoms with Crippen LogP contribution in [0.25, 0.3) is 0 Å². The van der Waals surface area contributed by atoms with E-state index in [4.69, 9.17) is 23.2 Å². The van der Waals surface area contributed by atoms with Gasteiger partial charge in [0.15, 0.2) is 11.6 Å². The van der Waals surface area contributed by atoms with Crippen LogP contribution in [0.2, 0.25) is 10.0 Å². The molecule has 2 unspecified atom stereocenters. The molecule has 0 saturated heterocycles. The molecular formula is C13H12Cl2N6O2. The Bertz CT molecular complexity index is 780. The molecule has 2 aromatic heterocycles. The molecule has 0 amide bonds. The van der Waals surface area contributed by atoms with Gasteiger partial charge >= 0.3 is 0 Å². The molecule has 23 heavy (non-hydrogen) atoms. The van der Waals surface area contributed by atoms with Crippen LogP contribution in [-0.4, -0.2) is 40.6 Å². The minimum Gasteiger partial charge on any atom is -0.382 e. The van der Waals surface area contributed by atoms with E-state index >= 15 is 0 Å². The van der Waals surface area contributed by atoms with Crippen LogP contribution in [0.15, 0.2) is 30.9 Å². The van der Waals surface area contributed by atoms with Crippen molar-refractivity contribution in [3.05, 3.63) is 58.1 Å². The lowest BCUT2D eigenvalue weighted by Crippen LogP contribution is -2.37. The van der Waals surface area contributed by atoms with E-state index in [-0.39, 0.29) is 22.8 Å². The molecule has 0 aliphatic rings. The zero-order valence-corrected chi connectivity index (χ0v) is 13.1. The molecule has 0 aliphatic heterocycles. The molecule has 0 aliphatic carbocycles. The molecule has 120 valence electrons. The van der Waals surface area contributed by atoms with Gasteiger partial charge in [0.05, 0.1) is 0 Å². The van der Waals surface area contributed by atoms with Crippen molar-refractivity contribution in [3.8, 4) is 0 Å². The molecule has 0 fully saturated rings. The van der Waals surface area contributed by atoms with Gasteiger partial charge in [-0.05, 0) is 12.1 Å². The Labute approximate surface area is 140 Å². The summed E-state index contributed by atoms with van der Waals surface area (Å²) in [6.07, 6.45) is 1.12. The van der Waals surface area contributed by atoms with Crippen molar-refractivity contribution in [3.63, 3.8) is 0 Å². The maximum atomic E-state index is 11.2. The first-order chi connectivity index (χ1) is 11.0. The summed E-state index contributed by atoms with van der Waals surface area (Å²) in [6, 6.07) is 4.58. The fourth-order valence-corrected chi connectivity index (χ4v) is 2.88. The average Bonchev–Trinajstić information content (AvgIpc) is 3.19. The van der Waals surface area contributed by atoms with E-state index < -0.39 is 11.7 Å². The number of aromatic amines is 2. The second-order valence-electron chi connectivity index (χ2n) is 4.90. The van der Waals surface area contributed by atoms with Crippen molar-refractivity contribution in [2.75, 3.05) is 0 Å². The Morgan fingerprint density at radius 3 is 2.48 bits per heavy atom. The monoisotopic (exact) mass is 354 g/mol. The lowest BCUT2D eigenvalue weighted by Gasteiger charge is -2.32. The number of aliphatic hydroxyl groups is 2. The summed E-state index contributed by atoms with van der Waals surface area (Å²) in [7, 11) is 0. The second kappa shape index (κ2) is 6.25. The summed E-state index contributed by atoms with van der Waals surface area (Å²) in [5.74, 6) is 0.321. The Morgan fingerprint density at radius 2 is 1.87 bits per heavy atom. The third-order valence-corrected chi connectivity index (χ3v) is 3.97. The molecule has 8 nitrogen and oxygen atoms in total. The molecule has 0 bridgehead atoms. The third kappa shape index (κ3) is 3.06. The lowest BCUT2D eigenvalue weighted by molar-refractivity contribution is -0.0877. The highest BCUT2D eigenvalue weighted by molar-refractivity contribution is 6.35.